The topological polar surface area (TPSA) is 135 Å². The lowest BCUT2D eigenvalue weighted by molar-refractivity contribution is -0.126. The summed E-state index contributed by atoms with van der Waals surface area (Å²) < 4.78 is 16.6. The summed E-state index contributed by atoms with van der Waals surface area (Å²) in [5, 5.41) is 10.1. The Morgan fingerprint density at radius 2 is 1.79 bits per heavy atom. The number of anilines is 2. The largest absolute Gasteiger partial charge is 0.493 e. The number of carbonyl (C=O) groups is 4. The SMILES string of the molecule is COc1ccc([C@H](C(=O)NC[C@H]2CCCO2)N(C(=O)CNC(=O)c2cccs2)c2ccc(NC(C)=O)cc2)cc1OC. The second-order valence-electron chi connectivity index (χ2n) is 9.55. The smallest absolute Gasteiger partial charge is 0.261 e. The molecule has 12 heteroatoms. The number of benzene rings is 2. The van der Waals surface area contributed by atoms with Crippen molar-refractivity contribution < 1.29 is 33.4 Å². The van der Waals surface area contributed by atoms with Gasteiger partial charge in [-0.15, -0.1) is 11.3 Å². The molecule has 2 atom stereocenters. The van der Waals surface area contributed by atoms with Gasteiger partial charge in [-0.05, 0) is 66.2 Å². The van der Waals surface area contributed by atoms with Gasteiger partial charge in [-0.3, -0.25) is 24.1 Å². The highest BCUT2D eigenvalue weighted by atomic mass is 32.1. The predicted octanol–water partition coefficient (Wildman–Crippen LogP) is 3.52. The summed E-state index contributed by atoms with van der Waals surface area (Å²) >= 11 is 1.25. The van der Waals surface area contributed by atoms with Crippen molar-refractivity contribution in [2.24, 2.45) is 0 Å². The fraction of sp³-hybridized carbons (Fsp3) is 0.333. The van der Waals surface area contributed by atoms with Gasteiger partial charge in [0.1, 0.15) is 6.04 Å². The molecule has 1 aliphatic heterocycles. The minimum atomic E-state index is -1.15. The van der Waals surface area contributed by atoms with Crippen LogP contribution in [0.2, 0.25) is 0 Å². The van der Waals surface area contributed by atoms with Gasteiger partial charge in [-0.2, -0.15) is 0 Å². The molecule has 1 saturated heterocycles. The van der Waals surface area contributed by atoms with E-state index in [1.54, 1.807) is 60.0 Å². The summed E-state index contributed by atoms with van der Waals surface area (Å²) in [7, 11) is 2.99. The molecular formula is C30H34N4O7S. The van der Waals surface area contributed by atoms with Crippen LogP contribution >= 0.6 is 11.3 Å². The number of hydrogen-bond donors (Lipinski definition) is 3. The van der Waals surface area contributed by atoms with Gasteiger partial charge in [0.25, 0.3) is 5.91 Å². The molecule has 4 amide bonds. The minimum absolute atomic E-state index is 0.119. The lowest BCUT2D eigenvalue weighted by atomic mass is 10.0. The van der Waals surface area contributed by atoms with E-state index in [9.17, 15) is 19.2 Å². The minimum Gasteiger partial charge on any atom is -0.493 e. The first-order chi connectivity index (χ1) is 20.3. The van der Waals surface area contributed by atoms with E-state index in [0.717, 1.165) is 12.8 Å². The Balaban J connectivity index is 1.73. The molecule has 11 nitrogen and oxygen atoms in total. The lowest BCUT2D eigenvalue weighted by Gasteiger charge is -2.32. The lowest BCUT2D eigenvalue weighted by Crippen LogP contribution is -2.48. The number of amides is 4. The molecule has 2 heterocycles. The molecule has 0 unspecified atom stereocenters. The molecule has 3 N–H and O–H groups in total. The monoisotopic (exact) mass is 594 g/mol. The summed E-state index contributed by atoms with van der Waals surface area (Å²) in [6.45, 7) is 1.94. The number of hydrogen-bond acceptors (Lipinski definition) is 8. The van der Waals surface area contributed by atoms with Crippen molar-refractivity contribution in [3.8, 4) is 11.5 Å². The van der Waals surface area contributed by atoms with Gasteiger partial charge in [0.2, 0.25) is 17.7 Å². The number of methoxy groups -OCH3 is 2. The molecule has 42 heavy (non-hydrogen) atoms. The third-order valence-corrected chi connectivity index (χ3v) is 7.51. The van der Waals surface area contributed by atoms with E-state index in [1.165, 1.54) is 37.4 Å². The Morgan fingerprint density at radius 3 is 2.40 bits per heavy atom. The maximum atomic E-state index is 13.9. The van der Waals surface area contributed by atoms with Crippen molar-refractivity contribution in [1.29, 1.82) is 0 Å². The number of nitrogens with one attached hydrogen (secondary N) is 3. The first-order valence-corrected chi connectivity index (χ1v) is 14.3. The van der Waals surface area contributed by atoms with Gasteiger partial charge >= 0.3 is 0 Å². The third-order valence-electron chi connectivity index (χ3n) is 6.64. The fourth-order valence-electron chi connectivity index (χ4n) is 4.64. The standard InChI is InChI=1S/C30H34N4O7S/c1-19(35)33-21-9-11-22(12-10-21)34(27(36)18-32-29(37)26-7-5-15-42-26)28(30(38)31-17-23-6-4-14-41-23)20-8-13-24(39-2)25(16-20)40-3/h5,7-13,15-16,23,28H,4,6,14,17-18H2,1-3H3,(H,31,38)(H,32,37)(H,33,35)/t23-,28-/m1/s1. The van der Waals surface area contributed by atoms with Crippen molar-refractivity contribution in [1.82, 2.24) is 10.6 Å². The maximum absolute atomic E-state index is 13.9. The first-order valence-electron chi connectivity index (χ1n) is 13.4. The number of ether oxygens (including phenoxy) is 3. The van der Waals surface area contributed by atoms with Crippen molar-refractivity contribution in [3.63, 3.8) is 0 Å². The van der Waals surface area contributed by atoms with E-state index < -0.39 is 23.8 Å². The molecular weight excluding hydrogens is 560 g/mol. The molecule has 0 aliphatic carbocycles. The Morgan fingerprint density at radius 1 is 1.02 bits per heavy atom. The van der Waals surface area contributed by atoms with Crippen molar-refractivity contribution >= 4 is 46.3 Å². The van der Waals surface area contributed by atoms with E-state index in [1.807, 2.05) is 0 Å². The molecule has 0 saturated carbocycles. The fourth-order valence-corrected chi connectivity index (χ4v) is 5.28. The van der Waals surface area contributed by atoms with Gasteiger partial charge in [0, 0.05) is 31.5 Å². The number of carbonyl (C=O) groups excluding carboxylic acids is 4. The van der Waals surface area contributed by atoms with Crippen LogP contribution in [-0.2, 0) is 19.1 Å². The van der Waals surface area contributed by atoms with Crippen LogP contribution in [-0.4, -0.2) is 63.6 Å². The summed E-state index contributed by atoms with van der Waals surface area (Å²) in [6, 6.07) is 13.8. The molecule has 2 aromatic carbocycles. The van der Waals surface area contributed by atoms with Crippen LogP contribution in [0.4, 0.5) is 11.4 Å². The number of thiophene rings is 1. The Hall–Kier alpha value is -4.42. The third kappa shape index (κ3) is 7.65. The number of rotatable bonds is 12. The molecule has 0 radical (unpaired) electrons. The summed E-state index contributed by atoms with van der Waals surface area (Å²) in [5.74, 6) is -0.777. The van der Waals surface area contributed by atoms with Gasteiger partial charge in [-0.25, -0.2) is 0 Å². The molecule has 1 aliphatic rings. The van der Waals surface area contributed by atoms with E-state index in [0.29, 0.717) is 39.9 Å². The predicted molar refractivity (Wildman–Crippen MR) is 159 cm³/mol. The van der Waals surface area contributed by atoms with Crippen LogP contribution in [0.3, 0.4) is 0 Å². The molecule has 0 bridgehead atoms. The van der Waals surface area contributed by atoms with Gasteiger partial charge in [-0.1, -0.05) is 12.1 Å². The molecule has 1 aromatic heterocycles. The van der Waals surface area contributed by atoms with Gasteiger partial charge in [0.05, 0.1) is 31.7 Å². The Bertz CT molecular complexity index is 1390. The highest BCUT2D eigenvalue weighted by Gasteiger charge is 2.34. The highest BCUT2D eigenvalue weighted by molar-refractivity contribution is 7.12. The van der Waals surface area contributed by atoms with Crippen LogP contribution in [0.5, 0.6) is 11.5 Å². The van der Waals surface area contributed by atoms with Gasteiger partial charge < -0.3 is 30.2 Å². The second-order valence-corrected chi connectivity index (χ2v) is 10.5. The summed E-state index contributed by atoms with van der Waals surface area (Å²) in [4.78, 5) is 53.9. The first kappa shape index (κ1) is 30.5. The molecule has 1 fully saturated rings. The zero-order valence-electron chi connectivity index (χ0n) is 23.7. The average molecular weight is 595 g/mol. The quantitative estimate of drug-likeness (QED) is 0.292. The average Bonchev–Trinajstić information content (AvgIpc) is 3.72. The van der Waals surface area contributed by atoms with Gasteiger partial charge in [0.15, 0.2) is 11.5 Å². The van der Waals surface area contributed by atoms with Crippen LogP contribution in [0, 0.1) is 0 Å². The maximum Gasteiger partial charge on any atom is 0.261 e. The molecule has 4 rings (SSSR count). The zero-order chi connectivity index (χ0) is 30.1. The zero-order valence-corrected chi connectivity index (χ0v) is 24.5. The van der Waals surface area contributed by atoms with Crippen molar-refractivity contribution in [2.45, 2.75) is 31.9 Å². The Kier molecular flexibility index (Phi) is 10.5. The van der Waals surface area contributed by atoms with E-state index in [-0.39, 0.29) is 25.1 Å². The molecule has 0 spiro atoms. The summed E-state index contributed by atoms with van der Waals surface area (Å²) in [5.41, 5.74) is 1.36. The van der Waals surface area contributed by atoms with Crippen LogP contribution in [0.25, 0.3) is 0 Å². The highest BCUT2D eigenvalue weighted by Crippen LogP contribution is 2.35. The summed E-state index contributed by atoms with van der Waals surface area (Å²) in [6.07, 6.45) is 1.61. The normalized spacial score (nSPS) is 14.9. The van der Waals surface area contributed by atoms with Crippen LogP contribution in [0.1, 0.15) is 41.0 Å². The van der Waals surface area contributed by atoms with Crippen LogP contribution in [0.15, 0.2) is 60.0 Å². The molecule has 3 aromatic rings. The second kappa shape index (κ2) is 14.5. The molecule has 222 valence electrons. The van der Waals surface area contributed by atoms with Crippen molar-refractivity contribution in [2.75, 3.05) is 44.1 Å². The Labute approximate surface area is 248 Å². The van der Waals surface area contributed by atoms with Crippen molar-refractivity contribution in [3.05, 3.63) is 70.4 Å². The van der Waals surface area contributed by atoms with E-state index in [2.05, 4.69) is 16.0 Å². The van der Waals surface area contributed by atoms with Crippen LogP contribution < -0.4 is 30.3 Å². The van der Waals surface area contributed by atoms with E-state index >= 15 is 0 Å². The van der Waals surface area contributed by atoms with E-state index in [4.69, 9.17) is 14.2 Å². The number of nitrogens with zero attached hydrogens (tertiary/aromatic N) is 1.